The van der Waals surface area contributed by atoms with Gasteiger partial charge in [0.2, 0.25) is 11.7 Å². The number of rotatable bonds is 9. The number of primary amides is 1. The van der Waals surface area contributed by atoms with Crippen molar-refractivity contribution in [3.05, 3.63) is 58.5 Å². The summed E-state index contributed by atoms with van der Waals surface area (Å²) in [5, 5.41) is 4.44. The molecular weight excluding hydrogens is 453 g/mol. The van der Waals surface area contributed by atoms with Gasteiger partial charge < -0.3 is 16.4 Å². The monoisotopic (exact) mass is 470 g/mol. The molecule has 32 heavy (non-hydrogen) atoms. The Labute approximate surface area is 185 Å². The van der Waals surface area contributed by atoms with Crippen LogP contribution in [0, 0.1) is 5.82 Å². The van der Waals surface area contributed by atoms with Gasteiger partial charge in [-0.15, -0.1) is 0 Å². The number of nitrogens with two attached hydrogens (primary N) is 1. The smallest absolute Gasteiger partial charge is 0.287 e. The van der Waals surface area contributed by atoms with Gasteiger partial charge in [-0.2, -0.15) is 0 Å². The Morgan fingerprint density at radius 2 is 1.88 bits per heavy atom. The first kappa shape index (κ1) is 24.8. The summed E-state index contributed by atoms with van der Waals surface area (Å²) in [6.45, 7) is 0.613. The minimum atomic E-state index is -3.16. The number of nitrogens with zero attached hydrogens (tertiary/aromatic N) is 1. The summed E-state index contributed by atoms with van der Waals surface area (Å²) >= 11 is 5.86. The number of nitrogens with one attached hydrogen (secondary N) is 2. The molecule has 0 bridgehead atoms. The Kier molecular flexibility index (Phi) is 7.92. The molecule has 4 N–H and O–H groups in total. The van der Waals surface area contributed by atoms with E-state index in [1.807, 2.05) is 0 Å². The summed E-state index contributed by atoms with van der Waals surface area (Å²) in [6, 6.07) is 4.17. The van der Waals surface area contributed by atoms with Crippen LogP contribution in [0.4, 0.5) is 19.0 Å². The largest absolute Gasteiger partial charge is 0.363 e. The van der Waals surface area contributed by atoms with Gasteiger partial charge in [-0.3, -0.25) is 19.2 Å². The van der Waals surface area contributed by atoms with Crippen LogP contribution in [0.1, 0.15) is 40.5 Å². The number of aromatic nitrogens is 1. The molecule has 8 nitrogen and oxygen atoms in total. The molecule has 0 radical (unpaired) electrons. The molecule has 0 saturated carbocycles. The molecule has 1 atom stereocenters. The van der Waals surface area contributed by atoms with Crippen LogP contribution in [0.5, 0.6) is 0 Å². The number of hydrogen-bond acceptors (Lipinski definition) is 5. The van der Waals surface area contributed by atoms with Crippen molar-refractivity contribution in [2.75, 3.05) is 5.32 Å². The number of Topliss-reactive ketones (excluding diaryl/α,β-unsaturated/α-hetero) is 1. The average molecular weight is 471 g/mol. The SMILES string of the molecule is CC(F)(F)CC[C@H](NC(=O)c1cc(Cl)cnc1NC(=O)c1cccc(F)c1)C(=O)C(N)=O. The Hall–Kier alpha value is -3.47. The maximum atomic E-state index is 13.4. The van der Waals surface area contributed by atoms with Crippen molar-refractivity contribution in [2.45, 2.75) is 31.7 Å². The predicted molar refractivity (Wildman–Crippen MR) is 109 cm³/mol. The Bertz CT molecular complexity index is 1060. The third-order valence-corrected chi connectivity index (χ3v) is 4.36. The summed E-state index contributed by atoms with van der Waals surface area (Å²) in [6.07, 6.45) is -0.271. The molecule has 0 aliphatic rings. The fourth-order valence-electron chi connectivity index (χ4n) is 2.60. The molecule has 0 saturated heterocycles. The topological polar surface area (TPSA) is 131 Å². The number of benzene rings is 1. The van der Waals surface area contributed by atoms with Crippen molar-refractivity contribution >= 4 is 40.9 Å². The van der Waals surface area contributed by atoms with Crippen molar-refractivity contribution < 1.29 is 32.3 Å². The van der Waals surface area contributed by atoms with E-state index in [0.717, 1.165) is 24.4 Å². The molecule has 1 heterocycles. The molecule has 2 aromatic rings. The molecular formula is C20H18ClF3N4O4. The molecule has 0 spiro atoms. The number of amides is 3. The number of pyridine rings is 1. The highest BCUT2D eigenvalue weighted by atomic mass is 35.5. The highest BCUT2D eigenvalue weighted by Crippen LogP contribution is 2.22. The maximum Gasteiger partial charge on any atom is 0.287 e. The van der Waals surface area contributed by atoms with Gasteiger partial charge in [0, 0.05) is 18.2 Å². The number of ketones is 1. The zero-order valence-corrected chi connectivity index (χ0v) is 17.4. The lowest BCUT2D eigenvalue weighted by Gasteiger charge is -2.19. The van der Waals surface area contributed by atoms with Crippen LogP contribution in [-0.4, -0.2) is 40.5 Å². The van der Waals surface area contributed by atoms with Crippen molar-refractivity contribution in [1.82, 2.24) is 10.3 Å². The minimum Gasteiger partial charge on any atom is -0.363 e. The standard InChI is InChI=1S/C20H18ClF3N4O4/c1-20(23,24)6-5-14(15(29)16(25)30)27-19(32)13-8-11(21)9-26-17(13)28-18(31)10-3-2-4-12(22)7-10/h2-4,7-9,14H,5-6H2,1H3,(H2,25,30)(H,27,32)(H,26,28,31)/t14-/m0/s1. The third kappa shape index (κ3) is 7.05. The first-order chi connectivity index (χ1) is 14.9. The molecule has 0 unspecified atom stereocenters. The summed E-state index contributed by atoms with van der Waals surface area (Å²) in [4.78, 5) is 52.2. The third-order valence-electron chi connectivity index (χ3n) is 4.15. The molecule has 2 rings (SSSR count). The van der Waals surface area contributed by atoms with Crippen molar-refractivity contribution in [2.24, 2.45) is 5.73 Å². The normalized spacial score (nSPS) is 12.0. The van der Waals surface area contributed by atoms with E-state index in [4.69, 9.17) is 17.3 Å². The van der Waals surface area contributed by atoms with E-state index in [0.29, 0.717) is 6.92 Å². The minimum absolute atomic E-state index is 0.0169. The average Bonchev–Trinajstić information content (AvgIpc) is 2.70. The predicted octanol–water partition coefficient (Wildman–Crippen LogP) is 2.71. The van der Waals surface area contributed by atoms with Crippen LogP contribution in [0.3, 0.4) is 0 Å². The molecule has 170 valence electrons. The number of alkyl halides is 2. The highest BCUT2D eigenvalue weighted by Gasteiger charge is 2.31. The van der Waals surface area contributed by atoms with Crippen molar-refractivity contribution in [3.63, 3.8) is 0 Å². The molecule has 0 fully saturated rings. The zero-order valence-electron chi connectivity index (χ0n) is 16.6. The second-order valence-corrected chi connectivity index (χ2v) is 7.31. The number of halogens is 4. The Morgan fingerprint density at radius 1 is 1.19 bits per heavy atom. The van der Waals surface area contributed by atoms with Gasteiger partial charge in [0.1, 0.15) is 11.6 Å². The van der Waals surface area contributed by atoms with E-state index >= 15 is 0 Å². The van der Waals surface area contributed by atoms with Gasteiger partial charge in [-0.1, -0.05) is 17.7 Å². The number of carbonyl (C=O) groups excluding carboxylic acids is 4. The summed E-state index contributed by atoms with van der Waals surface area (Å²) in [5.74, 6) is -8.66. The van der Waals surface area contributed by atoms with Crippen LogP contribution in [0.25, 0.3) is 0 Å². The van der Waals surface area contributed by atoms with Gasteiger partial charge in [-0.05, 0) is 37.6 Å². The van der Waals surface area contributed by atoms with Gasteiger partial charge in [0.05, 0.1) is 16.6 Å². The Balaban J connectivity index is 2.29. The van der Waals surface area contributed by atoms with E-state index < -0.39 is 54.1 Å². The van der Waals surface area contributed by atoms with E-state index in [-0.39, 0.29) is 22.0 Å². The van der Waals surface area contributed by atoms with Gasteiger partial charge in [0.25, 0.3) is 17.7 Å². The van der Waals surface area contributed by atoms with Crippen molar-refractivity contribution in [1.29, 1.82) is 0 Å². The molecule has 1 aromatic carbocycles. The lowest BCUT2D eigenvalue weighted by Crippen LogP contribution is -2.46. The summed E-state index contributed by atoms with van der Waals surface area (Å²) in [5.41, 5.74) is 4.54. The molecule has 0 aliphatic carbocycles. The van der Waals surface area contributed by atoms with Gasteiger partial charge in [0.15, 0.2) is 0 Å². The maximum absolute atomic E-state index is 13.4. The molecule has 3 amide bonds. The van der Waals surface area contributed by atoms with Crippen LogP contribution < -0.4 is 16.4 Å². The first-order valence-electron chi connectivity index (χ1n) is 9.12. The zero-order chi connectivity index (χ0) is 24.1. The van der Waals surface area contributed by atoms with Crippen LogP contribution in [-0.2, 0) is 9.59 Å². The first-order valence-corrected chi connectivity index (χ1v) is 9.50. The van der Waals surface area contributed by atoms with Gasteiger partial charge >= 0.3 is 0 Å². The summed E-state index contributed by atoms with van der Waals surface area (Å²) < 4.78 is 39.8. The van der Waals surface area contributed by atoms with E-state index in [1.165, 1.54) is 12.1 Å². The highest BCUT2D eigenvalue weighted by molar-refractivity contribution is 6.38. The number of carbonyl (C=O) groups is 4. The lowest BCUT2D eigenvalue weighted by atomic mass is 10.0. The number of anilines is 1. The van der Waals surface area contributed by atoms with E-state index in [1.54, 1.807) is 0 Å². The van der Waals surface area contributed by atoms with Crippen LogP contribution in [0.15, 0.2) is 36.5 Å². The fourth-order valence-corrected chi connectivity index (χ4v) is 2.75. The van der Waals surface area contributed by atoms with Gasteiger partial charge in [-0.25, -0.2) is 18.2 Å². The molecule has 12 heteroatoms. The fraction of sp³-hybridized carbons (Fsp3) is 0.250. The lowest BCUT2D eigenvalue weighted by molar-refractivity contribution is -0.137. The number of hydrogen-bond donors (Lipinski definition) is 3. The quantitative estimate of drug-likeness (QED) is 0.485. The summed E-state index contributed by atoms with van der Waals surface area (Å²) in [7, 11) is 0. The second-order valence-electron chi connectivity index (χ2n) is 6.88. The van der Waals surface area contributed by atoms with E-state index in [9.17, 15) is 32.3 Å². The molecule has 0 aliphatic heterocycles. The van der Waals surface area contributed by atoms with E-state index in [2.05, 4.69) is 15.6 Å². The van der Waals surface area contributed by atoms with Crippen LogP contribution >= 0.6 is 11.6 Å². The van der Waals surface area contributed by atoms with Crippen molar-refractivity contribution in [3.8, 4) is 0 Å². The van der Waals surface area contributed by atoms with Crippen LogP contribution in [0.2, 0.25) is 5.02 Å². The molecule has 1 aromatic heterocycles. The Morgan fingerprint density at radius 3 is 2.47 bits per heavy atom. The second kappa shape index (κ2) is 10.2.